The molecule has 0 heterocycles. The van der Waals surface area contributed by atoms with Crippen LogP contribution in [0.4, 0.5) is 10.5 Å². The number of benzene rings is 1. The van der Waals surface area contributed by atoms with E-state index < -0.39 is 18.3 Å². The van der Waals surface area contributed by atoms with Gasteiger partial charge in [0.15, 0.2) is 0 Å². The molecule has 0 aromatic heterocycles. The Balaban J connectivity index is 1.91. The first-order chi connectivity index (χ1) is 11.6. The number of aliphatic hydroxyl groups is 1. The van der Waals surface area contributed by atoms with Gasteiger partial charge < -0.3 is 25.4 Å². The molecule has 1 aromatic carbocycles. The average molecular weight is 348 g/mol. The van der Waals surface area contributed by atoms with E-state index in [1.165, 1.54) is 12.8 Å². The van der Waals surface area contributed by atoms with E-state index in [4.69, 9.17) is 4.65 Å². The Kier molecular flexibility index (Phi) is 6.14. The van der Waals surface area contributed by atoms with Gasteiger partial charge in [0, 0.05) is 11.7 Å². The maximum absolute atomic E-state index is 12.0. The molecular formula is C18H29BN2O4. The van der Waals surface area contributed by atoms with E-state index in [1.807, 2.05) is 0 Å². The molecule has 0 saturated heterocycles. The number of hydrogen-bond acceptors (Lipinski definition) is 4. The van der Waals surface area contributed by atoms with Gasteiger partial charge in [-0.2, -0.15) is 0 Å². The lowest BCUT2D eigenvalue weighted by atomic mass is 9.76. The zero-order valence-electron chi connectivity index (χ0n) is 15.5. The average Bonchev–Trinajstić information content (AvgIpc) is 2.99. The Labute approximate surface area is 150 Å². The fraction of sp³-hybridized carbons (Fsp3) is 0.611. The summed E-state index contributed by atoms with van der Waals surface area (Å²) in [6, 6.07) is 6.87. The molecule has 1 fully saturated rings. The van der Waals surface area contributed by atoms with Crippen LogP contribution < -0.4 is 16.1 Å². The van der Waals surface area contributed by atoms with Crippen LogP contribution in [0.15, 0.2) is 24.3 Å². The van der Waals surface area contributed by atoms with Crippen LogP contribution in [0.2, 0.25) is 0 Å². The minimum atomic E-state index is -1.16. The van der Waals surface area contributed by atoms with Crippen LogP contribution in [-0.4, -0.2) is 40.5 Å². The van der Waals surface area contributed by atoms with Crippen LogP contribution in [0.3, 0.4) is 0 Å². The van der Waals surface area contributed by atoms with Gasteiger partial charge in [0.05, 0.1) is 11.2 Å². The van der Waals surface area contributed by atoms with Crippen LogP contribution in [-0.2, 0) is 4.65 Å². The highest BCUT2D eigenvalue weighted by Crippen LogP contribution is 2.25. The summed E-state index contributed by atoms with van der Waals surface area (Å²) in [4.78, 5) is 12.0. The number of nitrogens with one attached hydrogen (secondary N) is 2. The first kappa shape index (κ1) is 19.8. The smallest absolute Gasteiger partial charge is 0.423 e. The monoisotopic (exact) mass is 348 g/mol. The molecule has 1 saturated carbocycles. The van der Waals surface area contributed by atoms with Crippen molar-refractivity contribution >= 4 is 24.3 Å². The fourth-order valence-electron chi connectivity index (χ4n) is 2.65. The molecule has 0 unspecified atom stereocenters. The molecule has 2 rings (SSSR count). The zero-order chi connectivity index (χ0) is 18.7. The van der Waals surface area contributed by atoms with Gasteiger partial charge in [0.1, 0.15) is 0 Å². The van der Waals surface area contributed by atoms with Crippen molar-refractivity contribution in [2.45, 2.75) is 70.6 Å². The molecule has 1 aromatic rings. The Hall–Kier alpha value is -1.57. The number of rotatable bonds is 6. The van der Waals surface area contributed by atoms with Gasteiger partial charge in [-0.25, -0.2) is 4.79 Å². The van der Waals surface area contributed by atoms with E-state index in [0.717, 1.165) is 12.8 Å². The van der Waals surface area contributed by atoms with Crippen molar-refractivity contribution in [2.24, 2.45) is 0 Å². The van der Waals surface area contributed by atoms with Crippen molar-refractivity contribution in [1.29, 1.82) is 0 Å². The fourth-order valence-corrected chi connectivity index (χ4v) is 2.65. The van der Waals surface area contributed by atoms with Crippen molar-refractivity contribution in [1.82, 2.24) is 5.32 Å². The number of hydrogen-bond donors (Lipinski definition) is 4. The number of amides is 2. The lowest BCUT2D eigenvalue weighted by molar-refractivity contribution is -0.0982. The molecule has 4 N–H and O–H groups in total. The Bertz CT molecular complexity index is 578. The lowest BCUT2D eigenvalue weighted by Crippen LogP contribution is -2.53. The summed E-state index contributed by atoms with van der Waals surface area (Å²) >= 11 is 0. The van der Waals surface area contributed by atoms with Crippen molar-refractivity contribution in [3.8, 4) is 0 Å². The van der Waals surface area contributed by atoms with Crippen LogP contribution in [0.25, 0.3) is 0 Å². The number of carbonyl (C=O) groups excluding carboxylic acids is 1. The summed E-state index contributed by atoms with van der Waals surface area (Å²) in [6.45, 7) is 6.71. The SMILES string of the molecule is CC(C)(O)C(C)(C)OB(O)c1ccc(NC(=O)NC2CCCC2)cc1. The summed E-state index contributed by atoms with van der Waals surface area (Å²) in [7, 11) is -1.16. The molecule has 0 radical (unpaired) electrons. The van der Waals surface area contributed by atoms with Crippen molar-refractivity contribution in [2.75, 3.05) is 5.32 Å². The molecular weight excluding hydrogens is 319 g/mol. The predicted molar refractivity (Wildman–Crippen MR) is 99.9 cm³/mol. The first-order valence-corrected chi connectivity index (χ1v) is 8.84. The maximum Gasteiger partial charge on any atom is 0.491 e. The second-order valence-electron chi connectivity index (χ2n) is 7.74. The third-order valence-corrected chi connectivity index (χ3v) is 5.02. The summed E-state index contributed by atoms with van der Waals surface area (Å²) in [5.41, 5.74) is -0.828. The van der Waals surface area contributed by atoms with E-state index >= 15 is 0 Å². The van der Waals surface area contributed by atoms with Crippen molar-refractivity contribution < 1.29 is 19.6 Å². The largest absolute Gasteiger partial charge is 0.491 e. The van der Waals surface area contributed by atoms with Crippen molar-refractivity contribution in [3.05, 3.63) is 24.3 Å². The molecule has 0 spiro atoms. The van der Waals surface area contributed by atoms with Gasteiger partial charge in [-0.1, -0.05) is 25.0 Å². The van der Waals surface area contributed by atoms with Gasteiger partial charge in [0.2, 0.25) is 0 Å². The quantitative estimate of drug-likeness (QED) is 0.592. The van der Waals surface area contributed by atoms with Crippen LogP contribution in [0, 0.1) is 0 Å². The van der Waals surface area contributed by atoms with E-state index in [9.17, 15) is 14.9 Å². The van der Waals surface area contributed by atoms with Crippen LogP contribution >= 0.6 is 0 Å². The van der Waals surface area contributed by atoms with E-state index in [1.54, 1.807) is 52.0 Å². The van der Waals surface area contributed by atoms with E-state index in [2.05, 4.69) is 10.6 Å². The van der Waals surface area contributed by atoms with E-state index in [0.29, 0.717) is 11.2 Å². The molecule has 25 heavy (non-hydrogen) atoms. The van der Waals surface area contributed by atoms with Crippen LogP contribution in [0.5, 0.6) is 0 Å². The second kappa shape index (κ2) is 7.76. The summed E-state index contributed by atoms with van der Waals surface area (Å²) in [5, 5.41) is 26.1. The maximum atomic E-state index is 12.0. The highest BCUT2D eigenvalue weighted by molar-refractivity contribution is 6.60. The Morgan fingerprint density at radius 3 is 2.24 bits per heavy atom. The molecule has 1 aliphatic carbocycles. The first-order valence-electron chi connectivity index (χ1n) is 8.84. The summed E-state index contributed by atoms with van der Waals surface area (Å²) in [6.07, 6.45) is 4.40. The molecule has 0 aliphatic heterocycles. The van der Waals surface area contributed by atoms with E-state index in [-0.39, 0.29) is 12.1 Å². The number of anilines is 1. The molecule has 7 heteroatoms. The molecule has 1 aliphatic rings. The Morgan fingerprint density at radius 2 is 1.72 bits per heavy atom. The standard InChI is InChI=1S/C18H29BN2O4/c1-17(2,23)18(3,4)25-19(24)13-9-11-15(12-10-13)21-16(22)20-14-7-5-6-8-14/h9-12,14,23-24H,5-8H2,1-4H3,(H2,20,21,22). The summed E-state index contributed by atoms with van der Waals surface area (Å²) < 4.78 is 5.60. The second-order valence-corrected chi connectivity index (χ2v) is 7.74. The van der Waals surface area contributed by atoms with Gasteiger partial charge in [-0.05, 0) is 58.1 Å². The highest BCUT2D eigenvalue weighted by atomic mass is 16.5. The van der Waals surface area contributed by atoms with Gasteiger partial charge in [-0.15, -0.1) is 0 Å². The normalized spacial score (nSPS) is 15.9. The third kappa shape index (κ3) is 5.46. The number of urea groups is 1. The third-order valence-electron chi connectivity index (χ3n) is 5.02. The molecule has 0 bridgehead atoms. The minimum Gasteiger partial charge on any atom is -0.423 e. The topological polar surface area (TPSA) is 90.8 Å². The van der Waals surface area contributed by atoms with Gasteiger partial charge in [0.25, 0.3) is 0 Å². The predicted octanol–water partition coefficient (Wildman–Crippen LogP) is 2.00. The minimum absolute atomic E-state index is 0.209. The van der Waals surface area contributed by atoms with Crippen LogP contribution in [0.1, 0.15) is 53.4 Å². The highest BCUT2D eigenvalue weighted by Gasteiger charge is 2.39. The molecule has 6 nitrogen and oxygen atoms in total. The molecule has 2 amide bonds. The number of carbonyl (C=O) groups is 1. The lowest BCUT2D eigenvalue weighted by Gasteiger charge is -2.38. The molecule has 138 valence electrons. The Morgan fingerprint density at radius 1 is 1.16 bits per heavy atom. The summed E-state index contributed by atoms with van der Waals surface area (Å²) in [5.74, 6) is 0. The zero-order valence-corrected chi connectivity index (χ0v) is 15.5. The van der Waals surface area contributed by atoms with Gasteiger partial charge in [-0.3, -0.25) is 0 Å². The van der Waals surface area contributed by atoms with Crippen molar-refractivity contribution in [3.63, 3.8) is 0 Å². The molecule has 0 atom stereocenters. The van der Waals surface area contributed by atoms with Gasteiger partial charge >= 0.3 is 13.1 Å².